The van der Waals surface area contributed by atoms with Crippen molar-refractivity contribution in [3.63, 3.8) is 0 Å². The van der Waals surface area contributed by atoms with Crippen LogP contribution in [0, 0.1) is 0 Å². The zero-order valence-corrected chi connectivity index (χ0v) is 24.4. The molecule has 2 heterocycles. The lowest BCUT2D eigenvalue weighted by molar-refractivity contribution is -0.0555. The lowest BCUT2D eigenvalue weighted by atomic mass is 10.1. The number of carbonyl (C=O) groups excluding carboxylic acids is 1. The van der Waals surface area contributed by atoms with E-state index >= 15 is 0 Å². The highest BCUT2D eigenvalue weighted by Crippen LogP contribution is 2.61. The van der Waals surface area contributed by atoms with Crippen LogP contribution in [0.15, 0.2) is 94.6 Å². The van der Waals surface area contributed by atoms with Crippen molar-refractivity contribution < 1.29 is 51.9 Å². The van der Waals surface area contributed by atoms with Gasteiger partial charge in [-0.25, -0.2) is 18.5 Å². The molecule has 1 aliphatic heterocycles. The maximum absolute atomic E-state index is 12.9. The minimum atomic E-state index is -5.27. The van der Waals surface area contributed by atoms with Gasteiger partial charge in [0.25, 0.3) is 5.56 Å². The molecule has 1 aliphatic rings. The Hall–Kier alpha value is -3.91. The Morgan fingerprint density at radius 1 is 0.955 bits per heavy atom. The molecule has 4 N–H and O–H groups in total. The number of benzene rings is 3. The number of H-pyrrole nitrogens is 1. The second kappa shape index (κ2) is 13.0. The van der Waals surface area contributed by atoms with E-state index in [2.05, 4.69) is 4.31 Å². The minimum Gasteiger partial charge on any atom is -0.425 e. The number of nitrogens with one attached hydrogen (secondary N) is 1. The van der Waals surface area contributed by atoms with Crippen molar-refractivity contribution in [2.75, 3.05) is 6.61 Å². The quantitative estimate of drug-likeness (QED) is 0.111. The maximum atomic E-state index is 12.9. The minimum absolute atomic E-state index is 0.102. The van der Waals surface area contributed by atoms with Gasteiger partial charge >= 0.3 is 27.3 Å². The van der Waals surface area contributed by atoms with Gasteiger partial charge in [-0.3, -0.25) is 23.4 Å². The maximum Gasteiger partial charge on any atom is 0.514 e. The molecule has 15 nitrogen and oxygen atoms in total. The first-order valence-corrected chi connectivity index (χ1v) is 16.2. The normalized spacial score (nSPS) is 22.6. The van der Waals surface area contributed by atoms with Crippen molar-refractivity contribution in [2.24, 2.45) is 0 Å². The average molecular weight is 648 g/mol. The molecule has 0 amide bonds. The van der Waals surface area contributed by atoms with Crippen LogP contribution >= 0.6 is 15.4 Å². The summed E-state index contributed by atoms with van der Waals surface area (Å²) in [5.41, 5.74) is -1.32. The number of aromatic amines is 1. The number of aliphatic hydroxyl groups is 1. The van der Waals surface area contributed by atoms with E-state index in [4.69, 9.17) is 18.7 Å². The number of aromatic nitrogens is 2. The molecule has 6 atom stereocenters. The Balaban J connectivity index is 1.31. The van der Waals surface area contributed by atoms with Crippen molar-refractivity contribution in [1.82, 2.24) is 9.55 Å². The summed E-state index contributed by atoms with van der Waals surface area (Å²) >= 11 is 0. The number of carbonyl (C=O) groups is 1. The fraction of sp³-hybridized carbons (Fsp3) is 0.222. The third-order valence-corrected chi connectivity index (χ3v) is 9.56. The van der Waals surface area contributed by atoms with Crippen molar-refractivity contribution in [3.05, 3.63) is 111 Å². The monoisotopic (exact) mass is 648 g/mol. The third kappa shape index (κ3) is 7.59. The van der Waals surface area contributed by atoms with Crippen molar-refractivity contribution >= 4 is 32.3 Å². The smallest absolute Gasteiger partial charge is 0.425 e. The largest absolute Gasteiger partial charge is 0.514 e. The topological polar surface area (TPSA) is 213 Å². The number of rotatable bonds is 10. The third-order valence-electron chi connectivity index (χ3n) is 6.49. The number of hydrogen-bond donors (Lipinski definition) is 4. The van der Waals surface area contributed by atoms with Crippen LogP contribution in [-0.2, 0) is 33.6 Å². The molecule has 1 fully saturated rings. The van der Waals surface area contributed by atoms with Gasteiger partial charge in [-0.1, -0.05) is 60.7 Å². The first kappa shape index (κ1) is 31.5. The molecule has 17 heteroatoms. The van der Waals surface area contributed by atoms with Gasteiger partial charge in [0.05, 0.1) is 12.8 Å². The summed E-state index contributed by atoms with van der Waals surface area (Å²) in [7, 11) is -10.0. The van der Waals surface area contributed by atoms with Gasteiger partial charge in [0.1, 0.15) is 18.0 Å². The second-order valence-corrected chi connectivity index (χ2v) is 13.0. The van der Waals surface area contributed by atoms with E-state index in [-0.39, 0.29) is 5.75 Å². The molecule has 2 unspecified atom stereocenters. The first-order chi connectivity index (χ1) is 20.9. The van der Waals surface area contributed by atoms with Crippen LogP contribution in [0.5, 0.6) is 5.75 Å². The Bertz CT molecular complexity index is 1860. The van der Waals surface area contributed by atoms with Crippen molar-refractivity contribution in [1.29, 1.82) is 0 Å². The molecular weight excluding hydrogens is 622 g/mol. The Labute approximate surface area is 248 Å². The van der Waals surface area contributed by atoms with Crippen LogP contribution in [0.25, 0.3) is 10.8 Å². The summed E-state index contributed by atoms with van der Waals surface area (Å²) in [5.74, 6) is 0.102. The molecule has 232 valence electrons. The average Bonchev–Trinajstić information content (AvgIpc) is 3.26. The molecule has 0 saturated carbocycles. The molecule has 0 aliphatic carbocycles. The molecule has 4 aromatic rings. The molecule has 0 bridgehead atoms. The summed E-state index contributed by atoms with van der Waals surface area (Å²) < 4.78 is 51.9. The molecule has 0 spiro atoms. The Morgan fingerprint density at radius 2 is 1.66 bits per heavy atom. The fourth-order valence-corrected chi connectivity index (χ4v) is 7.35. The van der Waals surface area contributed by atoms with Crippen molar-refractivity contribution in [3.8, 4) is 5.75 Å². The number of fused-ring (bicyclic) bond motifs is 1. The number of nitrogens with zero attached hydrogens (tertiary/aromatic N) is 1. The summed E-state index contributed by atoms with van der Waals surface area (Å²) in [4.78, 5) is 59.1. The lowest BCUT2D eigenvalue weighted by Gasteiger charge is -2.22. The summed E-state index contributed by atoms with van der Waals surface area (Å²) in [6.07, 6.45) is -7.39. The van der Waals surface area contributed by atoms with E-state index in [1.165, 1.54) is 12.1 Å². The van der Waals surface area contributed by atoms with Crippen LogP contribution in [0.4, 0.5) is 4.79 Å². The van der Waals surface area contributed by atoms with Gasteiger partial charge < -0.3 is 29.1 Å². The van der Waals surface area contributed by atoms with Gasteiger partial charge in [-0.2, -0.15) is 0 Å². The summed E-state index contributed by atoms with van der Waals surface area (Å²) in [6, 6.07) is 20.8. The number of hydrogen-bond acceptors (Lipinski definition) is 11. The van der Waals surface area contributed by atoms with E-state index in [0.29, 0.717) is 10.9 Å². The highest BCUT2D eigenvalue weighted by Gasteiger charge is 2.49. The number of phosphoric ester groups is 1. The van der Waals surface area contributed by atoms with E-state index in [0.717, 1.165) is 22.2 Å². The standard InChI is InChI=1S/C27H26N2O13P2/c30-22-13-14-29(26(32)28-22)25-23(31)24(41-27(33)39-19-10-2-1-3-11-19)21(40-25)15-38-44(36,37)42-43(34,35)16-18-9-6-8-17-7-4-5-12-20(17)18/h1-14,21,23-25,31H,15-16H2,(H,34,35)(H,36,37)(H,28,30,32)/t21-,23-,24-,25-/m1/s1. The molecule has 1 saturated heterocycles. The number of para-hydroxylation sites is 1. The highest BCUT2D eigenvalue weighted by molar-refractivity contribution is 7.63. The molecular formula is C27H26N2O13P2. The lowest BCUT2D eigenvalue weighted by Crippen LogP contribution is -2.40. The Kier molecular flexibility index (Phi) is 9.30. The van der Waals surface area contributed by atoms with Crippen LogP contribution in [-0.4, -0.2) is 55.5 Å². The van der Waals surface area contributed by atoms with Gasteiger partial charge in [0.15, 0.2) is 12.3 Å². The van der Waals surface area contributed by atoms with E-state index in [1.807, 2.05) is 4.98 Å². The van der Waals surface area contributed by atoms with E-state index in [1.54, 1.807) is 60.7 Å². The number of phosphoric acid groups is 1. The molecule has 5 rings (SSSR count). The molecule has 44 heavy (non-hydrogen) atoms. The van der Waals surface area contributed by atoms with Crippen LogP contribution in [0.2, 0.25) is 0 Å². The van der Waals surface area contributed by atoms with Crippen LogP contribution in [0.3, 0.4) is 0 Å². The number of aliphatic hydroxyl groups excluding tert-OH is 1. The highest BCUT2D eigenvalue weighted by atomic mass is 31.3. The predicted molar refractivity (Wildman–Crippen MR) is 153 cm³/mol. The predicted octanol–water partition coefficient (Wildman–Crippen LogP) is 3.05. The second-order valence-electron chi connectivity index (χ2n) is 9.60. The molecule has 0 radical (unpaired) electrons. The number of ether oxygens (including phenoxy) is 3. The van der Waals surface area contributed by atoms with Gasteiger partial charge in [-0.05, 0) is 28.5 Å². The van der Waals surface area contributed by atoms with Crippen molar-refractivity contribution in [2.45, 2.75) is 30.7 Å². The first-order valence-electron chi connectivity index (χ1n) is 13.0. The van der Waals surface area contributed by atoms with Crippen LogP contribution < -0.4 is 16.0 Å². The zero-order chi connectivity index (χ0) is 31.5. The van der Waals surface area contributed by atoms with Gasteiger partial charge in [0.2, 0.25) is 0 Å². The van der Waals surface area contributed by atoms with Gasteiger partial charge in [0, 0.05) is 12.3 Å². The summed E-state index contributed by atoms with van der Waals surface area (Å²) in [5, 5.41) is 12.4. The SMILES string of the molecule is O=C(Oc1ccccc1)O[C@H]1[C@@H](O)[C@H](n2ccc(=O)[nH]c2=O)O[C@@H]1COP(=O)(O)OP(=O)(O)Cc1cccc2ccccc12. The van der Waals surface area contributed by atoms with Crippen LogP contribution in [0.1, 0.15) is 11.8 Å². The fourth-order valence-electron chi connectivity index (χ4n) is 4.60. The van der Waals surface area contributed by atoms with E-state index in [9.17, 15) is 38.4 Å². The Morgan fingerprint density at radius 3 is 2.41 bits per heavy atom. The van der Waals surface area contributed by atoms with Gasteiger partial charge in [-0.15, -0.1) is 0 Å². The molecule has 1 aromatic heterocycles. The van der Waals surface area contributed by atoms with E-state index < -0.39 is 70.1 Å². The zero-order valence-electron chi connectivity index (χ0n) is 22.6. The molecule has 3 aromatic carbocycles. The summed E-state index contributed by atoms with van der Waals surface area (Å²) in [6.45, 7) is -0.920.